The second-order valence-electron chi connectivity index (χ2n) is 8.16. The molecule has 0 aliphatic carbocycles. The lowest BCUT2D eigenvalue weighted by Crippen LogP contribution is -2.26. The maximum Gasteiger partial charge on any atom is 0.417 e. The predicted molar refractivity (Wildman–Crippen MR) is 131 cm³/mol. The molecular weight excluding hydrogens is 499 g/mol. The highest BCUT2D eigenvalue weighted by molar-refractivity contribution is 7.89. The first kappa shape index (κ1) is 25.2. The van der Waals surface area contributed by atoms with Crippen LogP contribution in [-0.2, 0) is 29.0 Å². The summed E-state index contributed by atoms with van der Waals surface area (Å²) in [5, 5.41) is -0.383. The van der Waals surface area contributed by atoms with Gasteiger partial charge in [-0.05, 0) is 55.3 Å². The van der Waals surface area contributed by atoms with Gasteiger partial charge >= 0.3 is 6.18 Å². The number of nitrogens with zero attached hydrogens (tertiary/aromatic N) is 2. The van der Waals surface area contributed by atoms with Crippen molar-refractivity contribution in [2.75, 3.05) is 6.54 Å². The predicted octanol–water partition coefficient (Wildman–Crippen LogP) is 6.09. The molecule has 0 atom stereocenters. The first-order valence-corrected chi connectivity index (χ1v) is 12.8. The highest BCUT2D eigenvalue weighted by atomic mass is 35.5. The summed E-state index contributed by atoms with van der Waals surface area (Å²) in [6, 6.07) is 16.3. The molecule has 4 rings (SSSR count). The van der Waals surface area contributed by atoms with E-state index in [1.54, 1.807) is 28.8 Å². The van der Waals surface area contributed by atoms with Crippen molar-refractivity contribution in [1.82, 2.24) is 14.3 Å². The number of imidazole rings is 1. The molecule has 0 aliphatic rings. The van der Waals surface area contributed by atoms with E-state index in [1.807, 2.05) is 38.1 Å². The van der Waals surface area contributed by atoms with Crippen LogP contribution in [0.25, 0.3) is 16.7 Å². The van der Waals surface area contributed by atoms with Gasteiger partial charge in [-0.3, -0.25) is 4.57 Å². The number of sulfonamides is 1. The highest BCUT2D eigenvalue weighted by Crippen LogP contribution is 2.37. The number of nitrogens with one attached hydrogen (secondary N) is 1. The number of fused-ring (bicyclic) bond motifs is 1. The molecule has 0 bridgehead atoms. The number of alkyl halides is 3. The molecule has 0 spiro atoms. The topological polar surface area (TPSA) is 64.0 Å². The Morgan fingerprint density at radius 3 is 2.29 bits per heavy atom. The number of benzene rings is 3. The third kappa shape index (κ3) is 5.37. The van der Waals surface area contributed by atoms with Crippen LogP contribution in [0.5, 0.6) is 0 Å². The van der Waals surface area contributed by atoms with Gasteiger partial charge in [0.1, 0.15) is 5.82 Å². The van der Waals surface area contributed by atoms with Crippen LogP contribution in [0.15, 0.2) is 65.6 Å². The number of hydrogen-bond donors (Lipinski definition) is 1. The van der Waals surface area contributed by atoms with E-state index in [4.69, 9.17) is 11.6 Å². The smallest absolute Gasteiger partial charge is 0.296 e. The fourth-order valence-electron chi connectivity index (χ4n) is 3.83. The highest BCUT2D eigenvalue weighted by Gasteiger charge is 2.34. The lowest BCUT2D eigenvalue weighted by molar-refractivity contribution is -0.137. The van der Waals surface area contributed by atoms with Crippen molar-refractivity contribution in [3.63, 3.8) is 0 Å². The Morgan fingerprint density at radius 2 is 1.69 bits per heavy atom. The van der Waals surface area contributed by atoms with E-state index >= 15 is 0 Å². The van der Waals surface area contributed by atoms with Gasteiger partial charge in [-0.1, -0.05) is 48.4 Å². The first-order chi connectivity index (χ1) is 16.5. The summed E-state index contributed by atoms with van der Waals surface area (Å²) in [6.07, 6.45) is -3.59. The number of hydrogen-bond acceptors (Lipinski definition) is 3. The molecule has 10 heteroatoms. The largest absolute Gasteiger partial charge is 0.417 e. The first-order valence-electron chi connectivity index (χ1n) is 10.9. The van der Waals surface area contributed by atoms with Crippen LogP contribution in [0.3, 0.4) is 0 Å². The van der Waals surface area contributed by atoms with Gasteiger partial charge in [-0.15, -0.1) is 0 Å². The van der Waals surface area contributed by atoms with Gasteiger partial charge in [0, 0.05) is 18.7 Å². The Labute approximate surface area is 206 Å². The molecule has 0 saturated carbocycles. The van der Waals surface area contributed by atoms with E-state index in [0.29, 0.717) is 24.2 Å². The molecule has 0 saturated heterocycles. The fraction of sp³-hybridized carbons (Fsp3) is 0.240. The zero-order chi connectivity index (χ0) is 25.4. The van der Waals surface area contributed by atoms with E-state index in [2.05, 4.69) is 9.71 Å². The van der Waals surface area contributed by atoms with Crippen LogP contribution in [0.1, 0.15) is 29.4 Å². The lowest BCUT2D eigenvalue weighted by atomic mass is 10.1. The number of aryl methyl sites for hydroxylation is 2. The van der Waals surface area contributed by atoms with Crippen LogP contribution < -0.4 is 4.72 Å². The minimum Gasteiger partial charge on any atom is -0.296 e. The average molecular weight is 522 g/mol. The Kier molecular flexibility index (Phi) is 6.95. The number of rotatable bonds is 7. The molecular formula is C25H23ClF3N3O2S. The molecule has 0 fully saturated rings. The van der Waals surface area contributed by atoms with Crippen LogP contribution >= 0.6 is 11.6 Å². The molecule has 3 aromatic carbocycles. The zero-order valence-electron chi connectivity index (χ0n) is 19.0. The van der Waals surface area contributed by atoms with Crippen molar-refractivity contribution in [2.45, 2.75) is 37.8 Å². The van der Waals surface area contributed by atoms with Gasteiger partial charge in [0.05, 0.1) is 26.5 Å². The second kappa shape index (κ2) is 9.64. The molecule has 0 amide bonds. The molecule has 0 unspecified atom stereocenters. The molecule has 0 aliphatic heterocycles. The quantitative estimate of drug-likeness (QED) is 0.320. The van der Waals surface area contributed by atoms with Crippen molar-refractivity contribution < 1.29 is 21.6 Å². The summed E-state index contributed by atoms with van der Waals surface area (Å²) in [6.45, 7) is 3.98. The lowest BCUT2D eigenvalue weighted by Gasteiger charge is -2.12. The minimum atomic E-state index is -4.57. The van der Waals surface area contributed by atoms with E-state index in [9.17, 15) is 21.6 Å². The van der Waals surface area contributed by atoms with Gasteiger partial charge in [-0.2, -0.15) is 13.2 Å². The number of aromatic nitrogens is 2. The van der Waals surface area contributed by atoms with E-state index in [-0.39, 0.29) is 22.0 Å². The van der Waals surface area contributed by atoms with E-state index in [1.165, 1.54) is 6.07 Å². The Hall–Kier alpha value is -2.88. The Balaban J connectivity index is 1.54. The number of halogens is 4. The van der Waals surface area contributed by atoms with Crippen molar-refractivity contribution in [3.05, 3.63) is 88.2 Å². The van der Waals surface area contributed by atoms with Crippen molar-refractivity contribution in [3.8, 4) is 5.69 Å². The second-order valence-corrected chi connectivity index (χ2v) is 10.3. The standard InChI is InChI=1S/C25H23ClF3N3O2S/c1-3-24-31-22-14-20(25(27,28)29)21(26)15-23(22)32(24)18-8-6-17(7-9-18)12-13-30-35(33,34)19-10-4-16(2)5-11-19/h4-11,14-15,30H,3,12-13H2,1-2H3. The maximum atomic E-state index is 13.3. The molecule has 4 aromatic rings. The van der Waals surface area contributed by atoms with Gasteiger partial charge in [0.25, 0.3) is 0 Å². The molecule has 35 heavy (non-hydrogen) atoms. The normalized spacial score (nSPS) is 12.4. The van der Waals surface area contributed by atoms with Crippen LogP contribution in [0, 0.1) is 6.92 Å². The molecule has 1 aromatic heterocycles. The Bertz CT molecular complexity index is 1460. The van der Waals surface area contributed by atoms with Crippen molar-refractivity contribution in [2.24, 2.45) is 0 Å². The zero-order valence-corrected chi connectivity index (χ0v) is 20.6. The van der Waals surface area contributed by atoms with E-state index in [0.717, 1.165) is 22.9 Å². The summed E-state index contributed by atoms with van der Waals surface area (Å²) in [7, 11) is -3.60. The minimum absolute atomic E-state index is 0.213. The monoisotopic (exact) mass is 521 g/mol. The van der Waals surface area contributed by atoms with Gasteiger partial charge in [0.15, 0.2) is 0 Å². The summed E-state index contributed by atoms with van der Waals surface area (Å²) in [5.41, 5.74) is 2.39. The maximum absolute atomic E-state index is 13.3. The summed E-state index contributed by atoms with van der Waals surface area (Å²) in [5.74, 6) is 0.606. The molecule has 5 nitrogen and oxygen atoms in total. The van der Waals surface area contributed by atoms with Crippen LogP contribution in [0.4, 0.5) is 13.2 Å². The molecule has 1 heterocycles. The SMILES string of the molecule is CCc1nc2cc(C(F)(F)F)c(Cl)cc2n1-c1ccc(CCNS(=O)(=O)c2ccc(C)cc2)cc1. The van der Waals surface area contributed by atoms with Gasteiger partial charge in [0.2, 0.25) is 10.0 Å². The van der Waals surface area contributed by atoms with Crippen LogP contribution in [-0.4, -0.2) is 24.5 Å². The summed E-state index contributed by atoms with van der Waals surface area (Å²) >= 11 is 5.95. The average Bonchev–Trinajstić information content (AvgIpc) is 3.16. The van der Waals surface area contributed by atoms with E-state index < -0.39 is 21.8 Å². The third-order valence-corrected chi connectivity index (χ3v) is 7.46. The van der Waals surface area contributed by atoms with Crippen molar-refractivity contribution >= 4 is 32.7 Å². The van der Waals surface area contributed by atoms with Gasteiger partial charge < -0.3 is 0 Å². The summed E-state index contributed by atoms with van der Waals surface area (Å²) in [4.78, 5) is 4.60. The fourth-order valence-corrected chi connectivity index (χ4v) is 5.13. The van der Waals surface area contributed by atoms with Gasteiger partial charge in [-0.25, -0.2) is 18.1 Å². The molecule has 184 valence electrons. The summed E-state index contributed by atoms with van der Waals surface area (Å²) < 4.78 is 69.1. The van der Waals surface area contributed by atoms with Crippen LogP contribution in [0.2, 0.25) is 5.02 Å². The molecule has 1 N–H and O–H groups in total. The Morgan fingerprint density at radius 1 is 1.03 bits per heavy atom. The van der Waals surface area contributed by atoms with Crippen molar-refractivity contribution in [1.29, 1.82) is 0 Å². The molecule has 0 radical (unpaired) electrons. The third-order valence-electron chi connectivity index (χ3n) is 5.67.